The van der Waals surface area contributed by atoms with Crippen LogP contribution in [-0.4, -0.2) is 11.7 Å². The van der Waals surface area contributed by atoms with Crippen LogP contribution in [0.2, 0.25) is 0 Å². The molecule has 0 aliphatic heterocycles. The van der Waals surface area contributed by atoms with Gasteiger partial charge < -0.3 is 5.73 Å². The molecule has 0 rings (SSSR count). The van der Waals surface area contributed by atoms with Gasteiger partial charge in [-0.3, -0.25) is 9.59 Å². The standard InChI is InChI=1S/C12H23NO2/c1-4-6-8-12(10(3)14,11(13)15)9-7-5-2/h4-9H2,1-3H3,(H2,13,15). The van der Waals surface area contributed by atoms with Gasteiger partial charge in [-0.05, 0) is 19.8 Å². The summed E-state index contributed by atoms with van der Waals surface area (Å²) in [5, 5.41) is 0. The Morgan fingerprint density at radius 2 is 1.47 bits per heavy atom. The topological polar surface area (TPSA) is 60.2 Å². The average molecular weight is 213 g/mol. The number of carbonyl (C=O) groups is 2. The zero-order chi connectivity index (χ0) is 11.9. The predicted octanol–water partition coefficient (Wildman–Crippen LogP) is 2.43. The van der Waals surface area contributed by atoms with Crippen LogP contribution in [0.15, 0.2) is 0 Å². The molecule has 15 heavy (non-hydrogen) atoms. The van der Waals surface area contributed by atoms with Crippen molar-refractivity contribution in [1.82, 2.24) is 0 Å². The highest BCUT2D eigenvalue weighted by Gasteiger charge is 2.39. The first-order valence-electron chi connectivity index (χ1n) is 5.82. The lowest BCUT2D eigenvalue weighted by atomic mass is 9.74. The van der Waals surface area contributed by atoms with E-state index in [0.717, 1.165) is 25.7 Å². The molecule has 0 unspecified atom stereocenters. The van der Waals surface area contributed by atoms with Gasteiger partial charge >= 0.3 is 0 Å². The molecule has 0 radical (unpaired) electrons. The lowest BCUT2D eigenvalue weighted by Crippen LogP contribution is -2.42. The second-order valence-electron chi connectivity index (χ2n) is 4.21. The molecule has 0 aromatic rings. The van der Waals surface area contributed by atoms with Gasteiger partial charge in [0.05, 0.1) is 0 Å². The molecular weight excluding hydrogens is 190 g/mol. The molecule has 0 aliphatic rings. The van der Waals surface area contributed by atoms with Gasteiger partial charge in [-0.1, -0.05) is 39.5 Å². The third kappa shape index (κ3) is 3.65. The van der Waals surface area contributed by atoms with E-state index in [0.29, 0.717) is 12.8 Å². The summed E-state index contributed by atoms with van der Waals surface area (Å²) in [5.41, 5.74) is 4.50. The molecule has 0 aliphatic carbocycles. The van der Waals surface area contributed by atoms with Gasteiger partial charge in [0.25, 0.3) is 0 Å². The highest BCUT2D eigenvalue weighted by molar-refractivity contribution is 6.04. The van der Waals surface area contributed by atoms with E-state index in [-0.39, 0.29) is 5.78 Å². The Hall–Kier alpha value is -0.860. The molecule has 0 fully saturated rings. The van der Waals surface area contributed by atoms with E-state index in [9.17, 15) is 9.59 Å². The maximum Gasteiger partial charge on any atom is 0.231 e. The lowest BCUT2D eigenvalue weighted by molar-refractivity contribution is -0.140. The zero-order valence-corrected chi connectivity index (χ0v) is 10.1. The third-order valence-electron chi connectivity index (χ3n) is 3.06. The summed E-state index contributed by atoms with van der Waals surface area (Å²) in [6, 6.07) is 0. The van der Waals surface area contributed by atoms with Gasteiger partial charge in [-0.15, -0.1) is 0 Å². The number of hydrogen-bond acceptors (Lipinski definition) is 2. The lowest BCUT2D eigenvalue weighted by Gasteiger charge is -2.27. The molecule has 0 bridgehead atoms. The Bertz CT molecular complexity index is 200. The first-order chi connectivity index (χ1) is 7.01. The van der Waals surface area contributed by atoms with E-state index < -0.39 is 11.3 Å². The summed E-state index contributed by atoms with van der Waals surface area (Å²) < 4.78 is 0. The fraction of sp³-hybridized carbons (Fsp3) is 0.833. The smallest absolute Gasteiger partial charge is 0.231 e. The largest absolute Gasteiger partial charge is 0.369 e. The highest BCUT2D eigenvalue weighted by Crippen LogP contribution is 2.32. The van der Waals surface area contributed by atoms with Crippen molar-refractivity contribution in [2.75, 3.05) is 0 Å². The molecule has 0 spiro atoms. The summed E-state index contributed by atoms with van der Waals surface area (Å²) in [6.07, 6.45) is 4.93. The summed E-state index contributed by atoms with van der Waals surface area (Å²) in [6.45, 7) is 5.58. The number of Topliss-reactive ketones (excluding diaryl/α,β-unsaturated/α-hetero) is 1. The summed E-state index contributed by atoms with van der Waals surface area (Å²) in [5.74, 6) is -0.520. The molecule has 88 valence electrons. The number of unbranched alkanes of at least 4 members (excludes halogenated alkanes) is 2. The molecule has 0 saturated heterocycles. The molecule has 0 aromatic carbocycles. The Morgan fingerprint density at radius 1 is 1.07 bits per heavy atom. The number of nitrogens with two attached hydrogens (primary N) is 1. The van der Waals surface area contributed by atoms with E-state index in [1.165, 1.54) is 6.92 Å². The molecule has 0 heterocycles. The van der Waals surface area contributed by atoms with Crippen LogP contribution in [0, 0.1) is 5.41 Å². The van der Waals surface area contributed by atoms with Gasteiger partial charge in [0.2, 0.25) is 5.91 Å². The SMILES string of the molecule is CCCCC(CCCC)(C(C)=O)C(N)=O. The Labute approximate surface area is 92.4 Å². The Balaban J connectivity index is 4.73. The number of ketones is 1. The second kappa shape index (κ2) is 6.59. The van der Waals surface area contributed by atoms with Crippen LogP contribution in [-0.2, 0) is 9.59 Å². The van der Waals surface area contributed by atoms with Crippen molar-refractivity contribution in [2.24, 2.45) is 11.1 Å². The van der Waals surface area contributed by atoms with Crippen LogP contribution in [0.5, 0.6) is 0 Å². The van der Waals surface area contributed by atoms with Crippen LogP contribution < -0.4 is 5.73 Å². The number of hydrogen-bond donors (Lipinski definition) is 1. The van der Waals surface area contributed by atoms with Crippen LogP contribution in [0.25, 0.3) is 0 Å². The molecule has 3 heteroatoms. The quantitative estimate of drug-likeness (QED) is 0.629. The normalized spacial score (nSPS) is 11.4. The van der Waals surface area contributed by atoms with E-state index in [1.807, 2.05) is 13.8 Å². The molecule has 0 atom stereocenters. The third-order valence-corrected chi connectivity index (χ3v) is 3.06. The van der Waals surface area contributed by atoms with E-state index in [2.05, 4.69) is 0 Å². The first kappa shape index (κ1) is 14.1. The first-order valence-corrected chi connectivity index (χ1v) is 5.82. The monoisotopic (exact) mass is 213 g/mol. The predicted molar refractivity (Wildman–Crippen MR) is 61.4 cm³/mol. The van der Waals surface area contributed by atoms with Crippen molar-refractivity contribution < 1.29 is 9.59 Å². The van der Waals surface area contributed by atoms with Crippen molar-refractivity contribution in [3.05, 3.63) is 0 Å². The van der Waals surface area contributed by atoms with Crippen molar-refractivity contribution in [3.63, 3.8) is 0 Å². The molecule has 2 N–H and O–H groups in total. The van der Waals surface area contributed by atoms with Crippen molar-refractivity contribution in [2.45, 2.75) is 59.3 Å². The fourth-order valence-electron chi connectivity index (χ4n) is 1.85. The number of amides is 1. The van der Waals surface area contributed by atoms with Crippen LogP contribution >= 0.6 is 0 Å². The number of primary amides is 1. The van der Waals surface area contributed by atoms with Gasteiger partial charge in [0.15, 0.2) is 0 Å². The number of rotatable bonds is 8. The number of carbonyl (C=O) groups excluding carboxylic acids is 2. The maximum atomic E-state index is 11.6. The van der Waals surface area contributed by atoms with Crippen molar-refractivity contribution in [1.29, 1.82) is 0 Å². The molecular formula is C12H23NO2. The van der Waals surface area contributed by atoms with Gasteiger partial charge in [-0.2, -0.15) is 0 Å². The molecule has 1 amide bonds. The van der Waals surface area contributed by atoms with Crippen molar-refractivity contribution in [3.8, 4) is 0 Å². The Kier molecular flexibility index (Phi) is 6.21. The van der Waals surface area contributed by atoms with Crippen molar-refractivity contribution >= 4 is 11.7 Å². The maximum absolute atomic E-state index is 11.6. The van der Waals surface area contributed by atoms with Crippen LogP contribution in [0.3, 0.4) is 0 Å². The zero-order valence-electron chi connectivity index (χ0n) is 10.1. The summed E-state index contributed by atoms with van der Waals surface area (Å²) in [4.78, 5) is 23.1. The van der Waals surface area contributed by atoms with Gasteiger partial charge in [0.1, 0.15) is 11.2 Å². The van der Waals surface area contributed by atoms with Gasteiger partial charge in [-0.25, -0.2) is 0 Å². The minimum atomic E-state index is -0.897. The van der Waals surface area contributed by atoms with E-state index in [4.69, 9.17) is 5.73 Å². The summed E-state index contributed by atoms with van der Waals surface area (Å²) in [7, 11) is 0. The Morgan fingerprint density at radius 3 is 1.67 bits per heavy atom. The van der Waals surface area contributed by atoms with E-state index >= 15 is 0 Å². The van der Waals surface area contributed by atoms with Crippen LogP contribution in [0.4, 0.5) is 0 Å². The minimum absolute atomic E-state index is 0.0723. The molecule has 0 saturated carbocycles. The molecule has 0 aromatic heterocycles. The fourth-order valence-corrected chi connectivity index (χ4v) is 1.85. The minimum Gasteiger partial charge on any atom is -0.369 e. The second-order valence-corrected chi connectivity index (χ2v) is 4.21. The highest BCUT2D eigenvalue weighted by atomic mass is 16.2. The van der Waals surface area contributed by atoms with Gasteiger partial charge in [0, 0.05) is 0 Å². The van der Waals surface area contributed by atoms with Crippen LogP contribution in [0.1, 0.15) is 59.3 Å². The summed E-state index contributed by atoms with van der Waals surface area (Å²) >= 11 is 0. The molecule has 3 nitrogen and oxygen atoms in total. The average Bonchev–Trinajstić information content (AvgIpc) is 2.17. The van der Waals surface area contributed by atoms with E-state index in [1.54, 1.807) is 0 Å².